The number of likely N-dealkylation sites (tertiary alicyclic amines) is 1. The minimum atomic E-state index is -0.840. The number of rotatable bonds is 10. The van der Waals surface area contributed by atoms with Crippen molar-refractivity contribution in [3.8, 4) is 5.75 Å². The Morgan fingerprint density at radius 1 is 1.12 bits per heavy atom. The molecule has 7 heteroatoms. The molecule has 0 bridgehead atoms. The van der Waals surface area contributed by atoms with Crippen molar-refractivity contribution in [1.82, 2.24) is 9.80 Å². The number of ether oxygens (including phenoxy) is 2. The molecule has 2 atom stereocenters. The number of hydrogen-bond donors (Lipinski definition) is 0. The topological polar surface area (TPSA) is 42.0 Å². The monoisotopic (exact) mass is 460 g/mol. The summed E-state index contributed by atoms with van der Waals surface area (Å²) in [6.07, 6.45) is 0. The summed E-state index contributed by atoms with van der Waals surface area (Å²) in [6.45, 7) is 7.53. The zero-order chi connectivity index (χ0) is 24.0. The predicted molar refractivity (Wildman–Crippen MR) is 124 cm³/mol. The molecule has 2 aromatic rings. The fourth-order valence-corrected chi connectivity index (χ4v) is 4.64. The van der Waals surface area contributed by atoms with E-state index in [1.165, 1.54) is 19.2 Å². The normalized spacial score (nSPS) is 18.6. The second-order valence-corrected chi connectivity index (χ2v) is 9.21. The van der Waals surface area contributed by atoms with Crippen LogP contribution in [0.1, 0.15) is 30.9 Å². The van der Waals surface area contributed by atoms with Crippen molar-refractivity contribution in [2.45, 2.75) is 26.3 Å². The average Bonchev–Trinajstić information content (AvgIpc) is 3.18. The predicted octanol–water partition coefficient (Wildman–Crippen LogP) is 4.32. The first-order valence-corrected chi connectivity index (χ1v) is 11.4. The highest BCUT2D eigenvalue weighted by Crippen LogP contribution is 2.35. The van der Waals surface area contributed by atoms with Gasteiger partial charge in [0.15, 0.2) is 11.6 Å². The van der Waals surface area contributed by atoms with Crippen LogP contribution in [0.5, 0.6) is 5.75 Å². The lowest BCUT2D eigenvalue weighted by atomic mass is 9.88. The molecule has 33 heavy (non-hydrogen) atoms. The van der Waals surface area contributed by atoms with Crippen molar-refractivity contribution in [3.63, 3.8) is 0 Å². The summed E-state index contributed by atoms with van der Waals surface area (Å²) in [6, 6.07) is 12.1. The Balaban J connectivity index is 1.84. The summed E-state index contributed by atoms with van der Waals surface area (Å²) in [7, 11) is 3.18. The van der Waals surface area contributed by atoms with Crippen molar-refractivity contribution in [3.05, 3.63) is 65.2 Å². The van der Waals surface area contributed by atoms with E-state index in [4.69, 9.17) is 9.47 Å². The first-order chi connectivity index (χ1) is 15.8. The highest BCUT2D eigenvalue weighted by molar-refractivity contribution is 5.77. The highest BCUT2D eigenvalue weighted by atomic mass is 19.2. The molecule has 1 amide bonds. The molecule has 1 heterocycles. The van der Waals surface area contributed by atoms with Crippen LogP contribution >= 0.6 is 0 Å². The van der Waals surface area contributed by atoms with Gasteiger partial charge in [-0.05, 0) is 47.2 Å². The minimum absolute atomic E-state index is 0.0188. The SMILES string of the molecule is COCC(=O)N(CC(C)C)C[C@@H]1CN(Cc2ccc(F)c(F)c2)C[C@@H]1c1cccc(OC)c1. The van der Waals surface area contributed by atoms with Crippen molar-refractivity contribution < 1.29 is 23.0 Å². The Labute approximate surface area is 195 Å². The maximum atomic E-state index is 13.7. The summed E-state index contributed by atoms with van der Waals surface area (Å²) in [5.74, 6) is -0.207. The molecular weight excluding hydrogens is 426 g/mol. The maximum absolute atomic E-state index is 13.7. The van der Waals surface area contributed by atoms with Crippen LogP contribution in [0.25, 0.3) is 0 Å². The number of nitrogens with zero attached hydrogens (tertiary/aromatic N) is 2. The van der Waals surface area contributed by atoms with Gasteiger partial charge in [-0.25, -0.2) is 8.78 Å². The second kappa shape index (κ2) is 11.6. The Hall–Kier alpha value is -2.51. The van der Waals surface area contributed by atoms with Gasteiger partial charge in [0.25, 0.3) is 0 Å². The number of methoxy groups -OCH3 is 2. The number of amides is 1. The van der Waals surface area contributed by atoms with E-state index in [1.807, 2.05) is 23.1 Å². The summed E-state index contributed by atoms with van der Waals surface area (Å²) in [4.78, 5) is 16.9. The van der Waals surface area contributed by atoms with Crippen molar-refractivity contribution in [2.24, 2.45) is 11.8 Å². The van der Waals surface area contributed by atoms with Crippen molar-refractivity contribution in [1.29, 1.82) is 0 Å². The Morgan fingerprint density at radius 2 is 1.91 bits per heavy atom. The van der Waals surface area contributed by atoms with Gasteiger partial charge in [-0.3, -0.25) is 9.69 Å². The molecule has 1 saturated heterocycles. The molecule has 0 unspecified atom stereocenters. The molecule has 1 aliphatic rings. The molecular formula is C26H34F2N2O3. The third kappa shape index (κ3) is 6.74. The van der Waals surface area contributed by atoms with E-state index in [0.29, 0.717) is 25.6 Å². The van der Waals surface area contributed by atoms with Gasteiger partial charge in [-0.2, -0.15) is 0 Å². The average molecular weight is 461 g/mol. The van der Waals surface area contributed by atoms with Crippen LogP contribution in [0.15, 0.2) is 42.5 Å². The summed E-state index contributed by atoms with van der Waals surface area (Å²) in [5, 5.41) is 0. The number of hydrogen-bond acceptors (Lipinski definition) is 4. The molecule has 0 saturated carbocycles. The van der Waals surface area contributed by atoms with Gasteiger partial charge < -0.3 is 14.4 Å². The standard InChI is InChI=1S/C26H34F2N2O3/c1-18(2)12-30(26(31)17-32-3)15-21-14-29(13-19-8-9-24(27)25(28)10-19)16-23(21)20-6-5-7-22(11-20)33-4/h5-11,18,21,23H,12-17H2,1-4H3/t21-,23+/m0/s1. The van der Waals surface area contributed by atoms with Gasteiger partial charge in [0.1, 0.15) is 12.4 Å². The Bertz CT molecular complexity index is 938. The highest BCUT2D eigenvalue weighted by Gasteiger charge is 2.36. The Kier molecular flexibility index (Phi) is 8.80. The van der Waals surface area contributed by atoms with E-state index >= 15 is 0 Å². The van der Waals surface area contributed by atoms with E-state index in [1.54, 1.807) is 13.2 Å². The molecule has 2 aromatic carbocycles. The van der Waals surface area contributed by atoms with Gasteiger partial charge in [-0.15, -0.1) is 0 Å². The maximum Gasteiger partial charge on any atom is 0.248 e. The fraction of sp³-hybridized carbons (Fsp3) is 0.500. The first-order valence-electron chi connectivity index (χ1n) is 11.4. The summed E-state index contributed by atoms with van der Waals surface area (Å²) >= 11 is 0. The van der Waals surface area contributed by atoms with Crippen LogP contribution < -0.4 is 4.74 Å². The van der Waals surface area contributed by atoms with Gasteiger partial charge in [-0.1, -0.05) is 32.0 Å². The number of benzene rings is 2. The molecule has 0 radical (unpaired) electrons. The van der Waals surface area contributed by atoms with Crippen LogP contribution in [0.2, 0.25) is 0 Å². The van der Waals surface area contributed by atoms with E-state index in [2.05, 4.69) is 24.8 Å². The van der Waals surface area contributed by atoms with E-state index < -0.39 is 11.6 Å². The van der Waals surface area contributed by atoms with E-state index in [9.17, 15) is 13.6 Å². The van der Waals surface area contributed by atoms with Crippen molar-refractivity contribution in [2.75, 3.05) is 47.0 Å². The lowest BCUT2D eigenvalue weighted by molar-refractivity contribution is -0.136. The van der Waals surface area contributed by atoms with E-state index in [0.717, 1.165) is 30.0 Å². The number of halogens is 2. The van der Waals surface area contributed by atoms with Crippen LogP contribution in [0, 0.1) is 23.5 Å². The van der Waals surface area contributed by atoms with Crippen molar-refractivity contribution >= 4 is 5.91 Å². The number of carbonyl (C=O) groups is 1. The summed E-state index contributed by atoms with van der Waals surface area (Å²) in [5.41, 5.74) is 1.88. The molecule has 180 valence electrons. The summed E-state index contributed by atoms with van der Waals surface area (Å²) < 4.78 is 37.7. The smallest absolute Gasteiger partial charge is 0.248 e. The zero-order valence-electron chi connectivity index (χ0n) is 19.9. The van der Waals surface area contributed by atoms with Crippen LogP contribution in [-0.2, 0) is 16.1 Å². The van der Waals surface area contributed by atoms with E-state index in [-0.39, 0.29) is 24.3 Å². The molecule has 0 aliphatic carbocycles. The van der Waals surface area contributed by atoms with Gasteiger partial charge in [0.05, 0.1) is 7.11 Å². The lowest BCUT2D eigenvalue weighted by Crippen LogP contribution is -2.41. The largest absolute Gasteiger partial charge is 0.497 e. The second-order valence-electron chi connectivity index (χ2n) is 9.21. The molecule has 0 spiro atoms. The molecule has 0 aromatic heterocycles. The van der Waals surface area contributed by atoms with Gasteiger partial charge >= 0.3 is 0 Å². The Morgan fingerprint density at radius 3 is 2.58 bits per heavy atom. The first kappa shape index (κ1) is 25.1. The van der Waals surface area contributed by atoms with Gasteiger partial charge in [0.2, 0.25) is 5.91 Å². The zero-order valence-corrected chi connectivity index (χ0v) is 19.9. The molecule has 0 N–H and O–H groups in total. The molecule has 1 aliphatic heterocycles. The number of carbonyl (C=O) groups excluding carboxylic acids is 1. The third-order valence-electron chi connectivity index (χ3n) is 6.09. The minimum Gasteiger partial charge on any atom is -0.497 e. The lowest BCUT2D eigenvalue weighted by Gasteiger charge is -2.30. The quantitative estimate of drug-likeness (QED) is 0.530. The molecule has 5 nitrogen and oxygen atoms in total. The van der Waals surface area contributed by atoms with Crippen LogP contribution in [0.3, 0.4) is 0 Å². The fourth-order valence-electron chi connectivity index (χ4n) is 4.64. The van der Waals surface area contributed by atoms with Crippen LogP contribution in [-0.4, -0.2) is 62.7 Å². The van der Waals surface area contributed by atoms with Crippen LogP contribution in [0.4, 0.5) is 8.78 Å². The van der Waals surface area contributed by atoms with Gasteiger partial charge in [0, 0.05) is 45.8 Å². The third-order valence-corrected chi connectivity index (χ3v) is 6.09. The molecule has 3 rings (SSSR count). The molecule has 1 fully saturated rings.